The summed E-state index contributed by atoms with van der Waals surface area (Å²) in [7, 11) is 1.31. The summed E-state index contributed by atoms with van der Waals surface area (Å²) in [6.45, 7) is 2.02. The predicted octanol–water partition coefficient (Wildman–Crippen LogP) is 3.15. The molecule has 0 aromatic heterocycles. The van der Waals surface area contributed by atoms with E-state index in [2.05, 4.69) is 10.6 Å². The van der Waals surface area contributed by atoms with Crippen molar-refractivity contribution in [3.63, 3.8) is 0 Å². The lowest BCUT2D eigenvalue weighted by atomic mass is 10.1. The van der Waals surface area contributed by atoms with Crippen molar-refractivity contribution >= 4 is 17.7 Å². The minimum Gasteiger partial charge on any atom is -0.467 e. The maximum Gasteiger partial charge on any atom is 0.328 e. The molecule has 0 saturated heterocycles. The summed E-state index contributed by atoms with van der Waals surface area (Å²) < 4.78 is 4.80. The van der Waals surface area contributed by atoms with Gasteiger partial charge in [0.05, 0.1) is 7.11 Å². The predicted molar refractivity (Wildman–Crippen MR) is 93.9 cm³/mol. The molecular weight excluding hydrogens is 304 g/mol. The number of amides is 2. The molecular formula is C19H22N2O3. The minimum atomic E-state index is -0.744. The number of aryl methyl sites for hydroxylation is 1. The molecule has 126 valence electrons. The monoisotopic (exact) mass is 326 g/mol. The molecule has 24 heavy (non-hydrogen) atoms. The van der Waals surface area contributed by atoms with E-state index < -0.39 is 18.0 Å². The van der Waals surface area contributed by atoms with Gasteiger partial charge in [-0.05, 0) is 23.6 Å². The highest BCUT2D eigenvalue weighted by molar-refractivity contribution is 5.93. The molecule has 5 heteroatoms. The molecule has 0 saturated carbocycles. The van der Waals surface area contributed by atoms with E-state index in [1.165, 1.54) is 7.11 Å². The van der Waals surface area contributed by atoms with Crippen LogP contribution in [0.25, 0.3) is 0 Å². The van der Waals surface area contributed by atoms with Crippen LogP contribution in [-0.4, -0.2) is 25.2 Å². The van der Waals surface area contributed by atoms with E-state index in [0.717, 1.165) is 23.2 Å². The van der Waals surface area contributed by atoms with E-state index >= 15 is 0 Å². The normalized spacial score (nSPS) is 11.4. The number of para-hydroxylation sites is 1. The Labute approximate surface area is 142 Å². The quantitative estimate of drug-likeness (QED) is 0.801. The standard InChI is InChI=1S/C19H22N2O3/c1-3-15-11-7-8-12-16(15)20-19(23)21-17(18(22)24-2)13-14-9-5-4-6-10-14/h4-12,17H,3,13H2,1-2H3,(H2,20,21,23). The number of methoxy groups -OCH3 is 1. The van der Waals surface area contributed by atoms with Crippen LogP contribution in [0, 0.1) is 0 Å². The number of anilines is 1. The summed E-state index contributed by atoms with van der Waals surface area (Å²) in [6, 6.07) is 15.9. The first-order valence-electron chi connectivity index (χ1n) is 7.91. The van der Waals surface area contributed by atoms with Gasteiger partial charge in [-0.1, -0.05) is 55.5 Å². The third kappa shape index (κ3) is 4.84. The Bertz CT molecular complexity index is 686. The molecule has 2 amide bonds. The zero-order valence-electron chi connectivity index (χ0n) is 13.9. The van der Waals surface area contributed by atoms with Crippen molar-refractivity contribution in [3.8, 4) is 0 Å². The Balaban J connectivity index is 2.05. The Morgan fingerprint density at radius 1 is 1.04 bits per heavy atom. The molecule has 1 atom stereocenters. The molecule has 2 aromatic carbocycles. The molecule has 0 radical (unpaired) electrons. The summed E-state index contributed by atoms with van der Waals surface area (Å²) in [4.78, 5) is 24.2. The van der Waals surface area contributed by atoms with Crippen molar-refractivity contribution < 1.29 is 14.3 Å². The summed E-state index contributed by atoms with van der Waals surface area (Å²) in [5.74, 6) is -0.474. The van der Waals surface area contributed by atoms with E-state index in [-0.39, 0.29) is 0 Å². The van der Waals surface area contributed by atoms with E-state index in [4.69, 9.17) is 4.74 Å². The van der Waals surface area contributed by atoms with Crippen LogP contribution in [0.4, 0.5) is 10.5 Å². The zero-order chi connectivity index (χ0) is 17.4. The highest BCUT2D eigenvalue weighted by Gasteiger charge is 2.22. The molecule has 2 aromatic rings. The van der Waals surface area contributed by atoms with Gasteiger partial charge in [0, 0.05) is 12.1 Å². The highest BCUT2D eigenvalue weighted by atomic mass is 16.5. The topological polar surface area (TPSA) is 67.4 Å². The van der Waals surface area contributed by atoms with Gasteiger partial charge in [0.15, 0.2) is 0 Å². The summed E-state index contributed by atoms with van der Waals surface area (Å²) in [5.41, 5.74) is 2.72. The van der Waals surface area contributed by atoms with Crippen LogP contribution in [0.2, 0.25) is 0 Å². The van der Waals surface area contributed by atoms with Crippen molar-refractivity contribution in [1.82, 2.24) is 5.32 Å². The average molecular weight is 326 g/mol. The first-order chi connectivity index (χ1) is 11.6. The molecule has 0 fully saturated rings. The van der Waals surface area contributed by atoms with Gasteiger partial charge in [0.25, 0.3) is 0 Å². The lowest BCUT2D eigenvalue weighted by Gasteiger charge is -2.18. The third-order valence-electron chi connectivity index (χ3n) is 3.72. The van der Waals surface area contributed by atoms with Crippen LogP contribution in [0.5, 0.6) is 0 Å². The van der Waals surface area contributed by atoms with Gasteiger partial charge in [0.1, 0.15) is 6.04 Å². The van der Waals surface area contributed by atoms with Crippen LogP contribution in [0.1, 0.15) is 18.1 Å². The van der Waals surface area contributed by atoms with Gasteiger partial charge in [-0.2, -0.15) is 0 Å². The van der Waals surface area contributed by atoms with E-state index in [0.29, 0.717) is 6.42 Å². The van der Waals surface area contributed by atoms with Crippen molar-refractivity contribution in [2.24, 2.45) is 0 Å². The number of hydrogen-bond acceptors (Lipinski definition) is 3. The van der Waals surface area contributed by atoms with Gasteiger partial charge in [-0.25, -0.2) is 9.59 Å². The maximum atomic E-state index is 12.3. The Morgan fingerprint density at radius 3 is 2.38 bits per heavy atom. The first kappa shape index (κ1) is 17.5. The van der Waals surface area contributed by atoms with E-state index in [1.54, 1.807) is 0 Å². The molecule has 2 rings (SSSR count). The number of carbonyl (C=O) groups excluding carboxylic acids is 2. The Hall–Kier alpha value is -2.82. The summed E-state index contributed by atoms with van der Waals surface area (Å²) >= 11 is 0. The fourth-order valence-corrected chi connectivity index (χ4v) is 2.45. The fraction of sp³-hybridized carbons (Fsp3) is 0.263. The van der Waals surface area contributed by atoms with Gasteiger partial charge < -0.3 is 15.4 Å². The number of esters is 1. The smallest absolute Gasteiger partial charge is 0.328 e. The third-order valence-corrected chi connectivity index (χ3v) is 3.72. The second-order valence-electron chi connectivity index (χ2n) is 5.37. The number of nitrogens with one attached hydrogen (secondary N) is 2. The van der Waals surface area contributed by atoms with Crippen LogP contribution in [-0.2, 0) is 22.4 Å². The Kier molecular flexibility index (Phi) is 6.37. The largest absolute Gasteiger partial charge is 0.467 e. The molecule has 0 bridgehead atoms. The molecule has 0 heterocycles. The lowest BCUT2D eigenvalue weighted by molar-refractivity contribution is -0.142. The number of urea groups is 1. The highest BCUT2D eigenvalue weighted by Crippen LogP contribution is 2.15. The van der Waals surface area contributed by atoms with Crippen LogP contribution >= 0.6 is 0 Å². The number of hydrogen-bond donors (Lipinski definition) is 2. The molecule has 2 N–H and O–H groups in total. The molecule has 5 nitrogen and oxygen atoms in total. The Morgan fingerprint density at radius 2 is 1.71 bits per heavy atom. The van der Waals surface area contributed by atoms with Crippen LogP contribution < -0.4 is 10.6 Å². The van der Waals surface area contributed by atoms with Crippen LogP contribution in [0.15, 0.2) is 54.6 Å². The van der Waals surface area contributed by atoms with Gasteiger partial charge >= 0.3 is 12.0 Å². The van der Waals surface area contributed by atoms with Crippen molar-refractivity contribution in [3.05, 3.63) is 65.7 Å². The fourth-order valence-electron chi connectivity index (χ4n) is 2.45. The van der Waals surface area contributed by atoms with Gasteiger partial charge in [-0.15, -0.1) is 0 Å². The first-order valence-corrected chi connectivity index (χ1v) is 7.91. The summed E-state index contributed by atoms with van der Waals surface area (Å²) in [5, 5.41) is 5.49. The minimum absolute atomic E-state index is 0.371. The van der Waals surface area contributed by atoms with Crippen molar-refractivity contribution in [2.45, 2.75) is 25.8 Å². The number of ether oxygens (including phenoxy) is 1. The average Bonchev–Trinajstić information content (AvgIpc) is 2.61. The maximum absolute atomic E-state index is 12.3. The molecule has 0 spiro atoms. The number of rotatable bonds is 6. The van der Waals surface area contributed by atoms with Crippen LogP contribution in [0.3, 0.4) is 0 Å². The second-order valence-corrected chi connectivity index (χ2v) is 5.37. The van der Waals surface area contributed by atoms with Crippen molar-refractivity contribution in [2.75, 3.05) is 12.4 Å². The summed E-state index contributed by atoms with van der Waals surface area (Å²) in [6.07, 6.45) is 1.18. The second kappa shape index (κ2) is 8.72. The van der Waals surface area contributed by atoms with E-state index in [9.17, 15) is 9.59 Å². The molecule has 0 aliphatic rings. The SMILES string of the molecule is CCc1ccccc1NC(=O)NC(Cc1ccccc1)C(=O)OC. The lowest BCUT2D eigenvalue weighted by Crippen LogP contribution is -2.45. The van der Waals surface area contributed by atoms with E-state index in [1.807, 2.05) is 61.5 Å². The van der Waals surface area contributed by atoms with Gasteiger partial charge in [0.2, 0.25) is 0 Å². The number of carbonyl (C=O) groups is 2. The van der Waals surface area contributed by atoms with Crippen molar-refractivity contribution in [1.29, 1.82) is 0 Å². The zero-order valence-corrected chi connectivity index (χ0v) is 13.9. The molecule has 1 unspecified atom stereocenters. The van der Waals surface area contributed by atoms with Gasteiger partial charge in [-0.3, -0.25) is 0 Å². The molecule has 0 aliphatic carbocycles. The molecule has 0 aliphatic heterocycles. The number of benzene rings is 2.